The van der Waals surface area contributed by atoms with E-state index in [0.29, 0.717) is 32.2 Å². The normalized spacial score (nSPS) is 26.9. The van der Waals surface area contributed by atoms with Crippen molar-refractivity contribution in [1.29, 1.82) is 0 Å². The van der Waals surface area contributed by atoms with Crippen LogP contribution in [-0.4, -0.2) is 35.2 Å². The summed E-state index contributed by atoms with van der Waals surface area (Å²) < 4.78 is 13.1. The molecule has 2 fully saturated rings. The van der Waals surface area contributed by atoms with Crippen LogP contribution >= 0.6 is 0 Å². The largest absolute Gasteiger partial charge is 0.392 e. The fraction of sp³-hybridized carbons (Fsp3) is 0.556. The molecule has 2 aliphatic carbocycles. The Labute approximate surface area is 146 Å². The van der Waals surface area contributed by atoms with E-state index in [-0.39, 0.29) is 11.7 Å². The summed E-state index contributed by atoms with van der Waals surface area (Å²) in [6, 6.07) is 5.51. The van der Waals surface area contributed by atoms with E-state index < -0.39 is 23.1 Å². The minimum absolute atomic E-state index is 0.260. The Morgan fingerprint density at radius 2 is 1.92 bits per heavy atom. The maximum Gasteiger partial charge on any atom is 0.313 e. The van der Waals surface area contributed by atoms with Crippen LogP contribution in [-0.2, 0) is 11.2 Å². The number of hydrogen-bond acceptors (Lipinski definition) is 3. The topological polar surface area (TPSA) is 104 Å². The minimum Gasteiger partial charge on any atom is -0.392 e. The third-order valence-corrected chi connectivity index (χ3v) is 5.48. The van der Waals surface area contributed by atoms with Gasteiger partial charge in [0.2, 0.25) is 5.91 Å². The lowest BCUT2D eigenvalue weighted by Gasteiger charge is -2.34. The highest BCUT2D eigenvalue weighted by molar-refractivity contribution is 5.93. The average Bonchev–Trinajstić information content (AvgIpc) is 3.25. The Morgan fingerprint density at radius 1 is 1.24 bits per heavy atom. The van der Waals surface area contributed by atoms with E-state index in [9.17, 15) is 19.1 Å². The molecule has 0 spiro atoms. The monoisotopic (exact) mass is 349 g/mol. The molecule has 3 amide bonds. The van der Waals surface area contributed by atoms with Crippen LogP contribution in [0.2, 0.25) is 0 Å². The lowest BCUT2D eigenvalue weighted by Crippen LogP contribution is -2.53. The van der Waals surface area contributed by atoms with Crippen LogP contribution in [0.25, 0.3) is 0 Å². The highest BCUT2D eigenvalue weighted by Gasteiger charge is 2.52. The van der Waals surface area contributed by atoms with Gasteiger partial charge in [-0.25, -0.2) is 9.18 Å². The molecule has 1 aromatic carbocycles. The summed E-state index contributed by atoms with van der Waals surface area (Å²) in [7, 11) is 0. The minimum atomic E-state index is -0.896. The summed E-state index contributed by atoms with van der Waals surface area (Å²) in [6.07, 6.45) is 3.50. The molecule has 0 aromatic heterocycles. The van der Waals surface area contributed by atoms with Crippen molar-refractivity contribution in [2.75, 3.05) is 6.54 Å². The maximum atomic E-state index is 13.1. The molecule has 1 aromatic rings. The van der Waals surface area contributed by atoms with Gasteiger partial charge >= 0.3 is 6.03 Å². The number of nitrogens with one attached hydrogen (secondary N) is 2. The number of aliphatic hydroxyl groups excluding tert-OH is 1. The van der Waals surface area contributed by atoms with Gasteiger partial charge in [0.15, 0.2) is 0 Å². The van der Waals surface area contributed by atoms with E-state index in [1.165, 1.54) is 12.1 Å². The number of nitrogens with two attached hydrogens (primary N) is 1. The van der Waals surface area contributed by atoms with Gasteiger partial charge in [0.1, 0.15) is 11.4 Å². The van der Waals surface area contributed by atoms with Crippen LogP contribution in [0, 0.1) is 11.2 Å². The first-order valence-electron chi connectivity index (χ1n) is 8.64. The fourth-order valence-corrected chi connectivity index (χ4v) is 3.80. The third kappa shape index (κ3) is 3.76. The number of benzene rings is 1. The smallest absolute Gasteiger partial charge is 0.313 e. The second-order valence-corrected chi connectivity index (χ2v) is 7.33. The van der Waals surface area contributed by atoms with Crippen LogP contribution in [0.1, 0.15) is 37.7 Å². The lowest BCUT2D eigenvalue weighted by molar-refractivity contribution is -0.124. The van der Waals surface area contributed by atoms with Gasteiger partial charge in [0, 0.05) is 12.0 Å². The van der Waals surface area contributed by atoms with Gasteiger partial charge in [-0.3, -0.25) is 4.79 Å². The van der Waals surface area contributed by atoms with Crippen LogP contribution in [0.5, 0.6) is 0 Å². The number of carbonyl (C=O) groups is 2. The van der Waals surface area contributed by atoms with E-state index in [1.807, 2.05) is 0 Å². The van der Waals surface area contributed by atoms with E-state index in [0.717, 1.165) is 18.4 Å². The number of carbonyl (C=O) groups excluding carboxylic acids is 2. The van der Waals surface area contributed by atoms with Crippen molar-refractivity contribution in [2.45, 2.75) is 50.2 Å². The molecule has 0 bridgehead atoms. The molecule has 2 unspecified atom stereocenters. The Hall–Kier alpha value is -2.15. The Kier molecular flexibility index (Phi) is 4.69. The Bertz CT molecular complexity index is 660. The molecule has 6 nitrogen and oxygen atoms in total. The van der Waals surface area contributed by atoms with Gasteiger partial charge in [-0.15, -0.1) is 0 Å². The molecule has 2 saturated carbocycles. The molecular weight excluding hydrogens is 325 g/mol. The van der Waals surface area contributed by atoms with Crippen molar-refractivity contribution in [3.63, 3.8) is 0 Å². The molecular formula is C18H24FN3O3. The van der Waals surface area contributed by atoms with Crippen LogP contribution < -0.4 is 16.4 Å². The zero-order valence-electron chi connectivity index (χ0n) is 14.1. The Balaban J connectivity index is 1.68. The molecule has 5 N–H and O–H groups in total. The van der Waals surface area contributed by atoms with Gasteiger partial charge in [-0.1, -0.05) is 18.6 Å². The first-order chi connectivity index (χ1) is 11.9. The quantitative estimate of drug-likeness (QED) is 0.620. The number of aliphatic hydroxyl groups is 1. The molecule has 3 rings (SSSR count). The van der Waals surface area contributed by atoms with Crippen LogP contribution in [0.4, 0.5) is 9.18 Å². The zero-order chi connectivity index (χ0) is 18.1. The van der Waals surface area contributed by atoms with Crippen molar-refractivity contribution < 1.29 is 19.1 Å². The highest BCUT2D eigenvalue weighted by Crippen LogP contribution is 2.42. The molecule has 25 heavy (non-hydrogen) atoms. The second-order valence-electron chi connectivity index (χ2n) is 7.33. The first kappa shape index (κ1) is 17.7. The predicted octanol–water partition coefficient (Wildman–Crippen LogP) is 1.22. The van der Waals surface area contributed by atoms with Gasteiger partial charge in [-0.2, -0.15) is 0 Å². The maximum absolute atomic E-state index is 13.1. The van der Waals surface area contributed by atoms with E-state index in [4.69, 9.17) is 5.73 Å². The summed E-state index contributed by atoms with van der Waals surface area (Å²) in [6.45, 7) is 0.312. The summed E-state index contributed by atoms with van der Waals surface area (Å²) in [5.74, 6) is -0.560. The first-order valence-corrected chi connectivity index (χ1v) is 8.64. The number of urea groups is 1. The van der Waals surface area contributed by atoms with E-state index in [1.54, 1.807) is 12.1 Å². The fourth-order valence-electron chi connectivity index (χ4n) is 3.80. The van der Waals surface area contributed by atoms with Crippen molar-refractivity contribution >= 4 is 11.9 Å². The molecule has 136 valence electrons. The predicted molar refractivity (Wildman–Crippen MR) is 90.1 cm³/mol. The molecule has 2 atom stereocenters. The number of primary amides is 1. The Morgan fingerprint density at radius 3 is 2.44 bits per heavy atom. The van der Waals surface area contributed by atoms with Gasteiger partial charge in [0.25, 0.3) is 0 Å². The number of amides is 3. The SMILES string of the molecule is NC(=O)NC1(C(=O)NCC2(Cc3ccc(F)cc3)CCCC2O)CC1. The van der Waals surface area contributed by atoms with Gasteiger partial charge in [0.05, 0.1) is 6.10 Å². The van der Waals surface area contributed by atoms with Crippen molar-refractivity contribution in [3.8, 4) is 0 Å². The zero-order valence-corrected chi connectivity index (χ0v) is 14.1. The lowest BCUT2D eigenvalue weighted by atomic mass is 9.78. The standard InChI is InChI=1S/C18H24FN3O3/c19-13-5-3-12(4-6-13)10-17(7-1-2-14(17)23)11-21-15(24)18(8-9-18)22-16(20)25/h3-6,14,23H,1-2,7-11H2,(H,21,24)(H3,20,22,25). The average molecular weight is 349 g/mol. The van der Waals surface area contributed by atoms with E-state index >= 15 is 0 Å². The van der Waals surface area contributed by atoms with Crippen molar-refractivity contribution in [1.82, 2.24) is 10.6 Å². The van der Waals surface area contributed by atoms with Crippen molar-refractivity contribution in [3.05, 3.63) is 35.6 Å². The molecule has 0 radical (unpaired) electrons. The van der Waals surface area contributed by atoms with Crippen LogP contribution in [0.15, 0.2) is 24.3 Å². The summed E-state index contributed by atoms with van der Waals surface area (Å²) >= 11 is 0. The third-order valence-electron chi connectivity index (χ3n) is 5.48. The summed E-state index contributed by atoms with van der Waals surface area (Å²) in [5, 5.41) is 15.9. The molecule has 0 aliphatic heterocycles. The second kappa shape index (κ2) is 6.63. The summed E-state index contributed by atoms with van der Waals surface area (Å²) in [5.41, 5.74) is 4.69. The molecule has 0 saturated heterocycles. The van der Waals surface area contributed by atoms with Gasteiger partial charge < -0.3 is 21.5 Å². The highest BCUT2D eigenvalue weighted by atomic mass is 19.1. The number of halogens is 1. The molecule has 7 heteroatoms. The van der Waals surface area contributed by atoms with Gasteiger partial charge in [-0.05, 0) is 49.8 Å². The van der Waals surface area contributed by atoms with E-state index in [2.05, 4.69) is 10.6 Å². The molecule has 2 aliphatic rings. The molecule has 0 heterocycles. The van der Waals surface area contributed by atoms with Crippen LogP contribution in [0.3, 0.4) is 0 Å². The number of hydrogen-bond donors (Lipinski definition) is 4. The van der Waals surface area contributed by atoms with Crippen molar-refractivity contribution in [2.24, 2.45) is 11.1 Å². The number of rotatable bonds is 6. The summed E-state index contributed by atoms with van der Waals surface area (Å²) in [4.78, 5) is 23.5.